The van der Waals surface area contributed by atoms with Crippen molar-refractivity contribution in [1.29, 1.82) is 0 Å². The van der Waals surface area contributed by atoms with Gasteiger partial charge in [-0.3, -0.25) is 4.79 Å². The molecule has 0 aromatic heterocycles. The smallest absolute Gasteiger partial charge is 0.252 e. The minimum Gasteiger partial charge on any atom is -0.507 e. The van der Waals surface area contributed by atoms with Gasteiger partial charge < -0.3 is 26.0 Å². The summed E-state index contributed by atoms with van der Waals surface area (Å²) in [6, 6.07) is 13.9. The Balaban J connectivity index is 1.67. The molecular weight excluding hydrogens is 308 g/mol. The van der Waals surface area contributed by atoms with Crippen molar-refractivity contribution in [2.45, 2.75) is 12.5 Å². The summed E-state index contributed by atoms with van der Waals surface area (Å²) in [5.41, 5.74) is 6.10. The number of nitrogens with one attached hydrogen (secondary N) is 1. The van der Waals surface area contributed by atoms with Crippen LogP contribution in [0.5, 0.6) is 11.5 Å². The summed E-state index contributed by atoms with van der Waals surface area (Å²) in [6.45, 7) is 1.64. The Kier molecular flexibility index (Phi) is 6.60. The van der Waals surface area contributed by atoms with Crippen LogP contribution >= 0.6 is 0 Å². The molecule has 2 rings (SSSR count). The summed E-state index contributed by atoms with van der Waals surface area (Å²) in [7, 11) is 0. The number of phenols is 1. The number of primary amides is 1. The summed E-state index contributed by atoms with van der Waals surface area (Å²) in [5.74, 6) is -0.401. The Morgan fingerprint density at radius 3 is 2.62 bits per heavy atom. The van der Waals surface area contributed by atoms with E-state index in [0.717, 1.165) is 5.56 Å². The molecule has 0 saturated carbocycles. The van der Waals surface area contributed by atoms with Crippen molar-refractivity contribution >= 4 is 5.91 Å². The Morgan fingerprint density at radius 2 is 1.92 bits per heavy atom. The van der Waals surface area contributed by atoms with Crippen LogP contribution < -0.4 is 15.8 Å². The molecule has 1 amide bonds. The summed E-state index contributed by atoms with van der Waals surface area (Å²) in [4.78, 5) is 11.1. The fourth-order valence-electron chi connectivity index (χ4n) is 2.25. The lowest BCUT2D eigenvalue weighted by molar-refractivity contribution is 0.0997. The first-order chi connectivity index (χ1) is 11.6. The summed E-state index contributed by atoms with van der Waals surface area (Å²) < 4.78 is 5.50. The van der Waals surface area contributed by atoms with Gasteiger partial charge in [0.2, 0.25) is 0 Å². The van der Waals surface area contributed by atoms with Gasteiger partial charge in [-0.15, -0.1) is 0 Å². The first-order valence-electron chi connectivity index (χ1n) is 7.77. The van der Waals surface area contributed by atoms with Gasteiger partial charge in [0.05, 0.1) is 11.7 Å². The Labute approximate surface area is 140 Å². The van der Waals surface area contributed by atoms with Crippen molar-refractivity contribution in [3.05, 3.63) is 59.7 Å². The van der Waals surface area contributed by atoms with Gasteiger partial charge in [0.1, 0.15) is 18.1 Å². The number of rotatable bonds is 9. The first-order valence-corrected chi connectivity index (χ1v) is 7.77. The van der Waals surface area contributed by atoms with Gasteiger partial charge in [-0.25, -0.2) is 0 Å². The van der Waals surface area contributed by atoms with E-state index in [1.54, 1.807) is 6.07 Å². The average molecular weight is 330 g/mol. The molecule has 6 nitrogen and oxygen atoms in total. The van der Waals surface area contributed by atoms with Gasteiger partial charge >= 0.3 is 0 Å². The van der Waals surface area contributed by atoms with Crippen LogP contribution in [0.2, 0.25) is 0 Å². The lowest BCUT2D eigenvalue weighted by atomic mass is 10.1. The molecule has 128 valence electrons. The number of hydrogen-bond acceptors (Lipinski definition) is 5. The van der Waals surface area contributed by atoms with E-state index < -0.39 is 12.0 Å². The third-order valence-electron chi connectivity index (χ3n) is 3.56. The number of aliphatic hydroxyl groups is 1. The molecule has 5 N–H and O–H groups in total. The quantitative estimate of drug-likeness (QED) is 0.523. The summed E-state index contributed by atoms with van der Waals surface area (Å²) in [6.07, 6.45) is 0.115. The monoisotopic (exact) mass is 330 g/mol. The summed E-state index contributed by atoms with van der Waals surface area (Å²) >= 11 is 0. The number of carbonyl (C=O) groups excluding carboxylic acids is 1. The molecular formula is C18H22N2O4. The van der Waals surface area contributed by atoms with Crippen molar-refractivity contribution in [1.82, 2.24) is 5.32 Å². The minimum absolute atomic E-state index is 0.0337. The molecule has 0 bridgehead atoms. The van der Waals surface area contributed by atoms with Crippen molar-refractivity contribution in [3.8, 4) is 11.5 Å². The second kappa shape index (κ2) is 8.90. The maximum Gasteiger partial charge on any atom is 0.252 e. The third kappa shape index (κ3) is 5.26. The fraction of sp³-hybridized carbons (Fsp3) is 0.278. The van der Waals surface area contributed by atoms with Crippen LogP contribution in [-0.4, -0.2) is 35.8 Å². The Hall–Kier alpha value is -2.57. The van der Waals surface area contributed by atoms with Crippen molar-refractivity contribution in [2.24, 2.45) is 5.73 Å². The van der Waals surface area contributed by atoms with Crippen LogP contribution in [0.3, 0.4) is 0 Å². The standard InChI is InChI=1S/C18H22N2O4/c19-18(23)15-12-14(6-7-17(15)22)24-11-10-20-9-8-16(21)13-4-2-1-3-5-13/h1-7,12,16,20-22H,8-11H2,(H2,19,23)/t16-/m1/s1. The van der Waals surface area contributed by atoms with E-state index in [0.29, 0.717) is 31.9 Å². The lowest BCUT2D eigenvalue weighted by Crippen LogP contribution is -2.23. The highest BCUT2D eigenvalue weighted by atomic mass is 16.5. The Bertz CT molecular complexity index is 661. The van der Waals surface area contributed by atoms with E-state index in [1.165, 1.54) is 12.1 Å². The molecule has 2 aromatic rings. The van der Waals surface area contributed by atoms with E-state index in [4.69, 9.17) is 10.5 Å². The highest BCUT2D eigenvalue weighted by Crippen LogP contribution is 2.22. The van der Waals surface area contributed by atoms with Gasteiger partial charge in [0.25, 0.3) is 5.91 Å². The van der Waals surface area contributed by atoms with Crippen LogP contribution in [0.25, 0.3) is 0 Å². The molecule has 0 unspecified atom stereocenters. The van der Waals surface area contributed by atoms with E-state index in [-0.39, 0.29) is 11.3 Å². The number of amides is 1. The predicted molar refractivity (Wildman–Crippen MR) is 91.0 cm³/mol. The zero-order valence-electron chi connectivity index (χ0n) is 13.3. The largest absolute Gasteiger partial charge is 0.507 e. The van der Waals surface area contributed by atoms with Crippen LogP contribution in [-0.2, 0) is 0 Å². The predicted octanol–water partition coefficient (Wildman–Crippen LogP) is 1.58. The first kappa shape index (κ1) is 17.8. The Morgan fingerprint density at radius 1 is 1.17 bits per heavy atom. The zero-order valence-corrected chi connectivity index (χ0v) is 13.3. The topological polar surface area (TPSA) is 105 Å². The molecule has 6 heteroatoms. The van der Waals surface area contributed by atoms with Crippen molar-refractivity contribution in [3.63, 3.8) is 0 Å². The molecule has 0 aliphatic rings. The normalized spacial score (nSPS) is 11.9. The second-order valence-electron chi connectivity index (χ2n) is 5.36. The maximum absolute atomic E-state index is 11.1. The highest BCUT2D eigenvalue weighted by Gasteiger charge is 2.09. The molecule has 0 heterocycles. The third-order valence-corrected chi connectivity index (χ3v) is 3.56. The van der Waals surface area contributed by atoms with Gasteiger partial charge in [-0.1, -0.05) is 30.3 Å². The maximum atomic E-state index is 11.1. The lowest BCUT2D eigenvalue weighted by Gasteiger charge is -2.12. The van der Waals surface area contributed by atoms with Gasteiger partial charge in [0, 0.05) is 6.54 Å². The SMILES string of the molecule is NC(=O)c1cc(OCCNCC[C@@H](O)c2ccccc2)ccc1O. The van der Waals surface area contributed by atoms with Gasteiger partial charge in [-0.2, -0.15) is 0 Å². The summed E-state index contributed by atoms with van der Waals surface area (Å²) in [5, 5.41) is 22.7. The number of nitrogens with two attached hydrogens (primary N) is 1. The van der Waals surface area contributed by atoms with E-state index in [2.05, 4.69) is 5.32 Å². The minimum atomic E-state index is -0.703. The molecule has 0 radical (unpaired) electrons. The number of hydrogen-bond donors (Lipinski definition) is 4. The number of aromatic hydroxyl groups is 1. The molecule has 1 atom stereocenters. The number of ether oxygens (including phenoxy) is 1. The van der Waals surface area contributed by atoms with Gasteiger partial charge in [-0.05, 0) is 36.7 Å². The van der Waals surface area contributed by atoms with Crippen molar-refractivity contribution in [2.75, 3.05) is 19.7 Å². The van der Waals surface area contributed by atoms with E-state index >= 15 is 0 Å². The average Bonchev–Trinajstić information content (AvgIpc) is 2.59. The fourth-order valence-corrected chi connectivity index (χ4v) is 2.25. The number of benzene rings is 2. The van der Waals surface area contributed by atoms with Crippen molar-refractivity contribution < 1.29 is 19.7 Å². The number of aliphatic hydroxyl groups excluding tert-OH is 1. The molecule has 0 aliphatic heterocycles. The zero-order chi connectivity index (χ0) is 17.4. The van der Waals surface area contributed by atoms with Crippen LogP contribution in [0, 0.1) is 0 Å². The molecule has 0 aliphatic carbocycles. The molecule has 0 saturated heterocycles. The van der Waals surface area contributed by atoms with E-state index in [9.17, 15) is 15.0 Å². The second-order valence-corrected chi connectivity index (χ2v) is 5.36. The molecule has 0 fully saturated rings. The number of carbonyl (C=O) groups is 1. The van der Waals surface area contributed by atoms with Gasteiger partial charge in [0.15, 0.2) is 0 Å². The van der Waals surface area contributed by atoms with Crippen LogP contribution in [0.15, 0.2) is 48.5 Å². The molecule has 24 heavy (non-hydrogen) atoms. The molecule has 2 aromatic carbocycles. The molecule has 0 spiro atoms. The highest BCUT2D eigenvalue weighted by molar-refractivity contribution is 5.95. The van der Waals surface area contributed by atoms with Crippen LogP contribution in [0.4, 0.5) is 0 Å². The van der Waals surface area contributed by atoms with Crippen LogP contribution in [0.1, 0.15) is 28.4 Å². The van der Waals surface area contributed by atoms with E-state index in [1.807, 2.05) is 30.3 Å².